The largest absolute Gasteiger partial charge is 0.441 e. The molecule has 0 aliphatic rings. The first-order chi connectivity index (χ1) is 9.95. The first-order valence-corrected chi connectivity index (χ1v) is 7.96. The Morgan fingerprint density at radius 3 is 2.71 bits per heavy atom. The minimum atomic E-state index is -3.75. The number of nitrogens with one attached hydrogen (secondary N) is 1. The van der Waals surface area contributed by atoms with E-state index in [1.807, 2.05) is 0 Å². The molecule has 0 atom stereocenters. The molecule has 108 valence electrons. The van der Waals surface area contributed by atoms with Crippen LogP contribution in [0.5, 0.6) is 0 Å². The molecule has 5 nitrogen and oxygen atoms in total. The predicted octanol–water partition coefficient (Wildman–Crippen LogP) is 3.59. The van der Waals surface area contributed by atoms with Gasteiger partial charge in [0.05, 0.1) is 10.7 Å². The fraction of sp³-hybridized carbons (Fsp3) is 0.0714. The van der Waals surface area contributed by atoms with E-state index in [-0.39, 0.29) is 9.92 Å². The lowest BCUT2D eigenvalue weighted by atomic mass is 10.3. The van der Waals surface area contributed by atoms with Crippen LogP contribution in [0.2, 0.25) is 5.02 Å². The monoisotopic (exact) mass is 322 g/mol. The molecule has 0 amide bonds. The third-order valence-corrected chi connectivity index (χ3v) is 4.75. The van der Waals surface area contributed by atoms with E-state index < -0.39 is 10.0 Å². The van der Waals surface area contributed by atoms with Crippen LogP contribution in [-0.4, -0.2) is 13.4 Å². The first kappa shape index (κ1) is 13.9. The molecule has 0 aliphatic heterocycles. The molecule has 2 aromatic carbocycles. The number of benzene rings is 2. The molecule has 1 aromatic heterocycles. The van der Waals surface area contributed by atoms with Crippen LogP contribution in [0.1, 0.15) is 5.89 Å². The molecule has 0 aliphatic carbocycles. The van der Waals surface area contributed by atoms with Crippen molar-refractivity contribution in [3.8, 4) is 0 Å². The maximum Gasteiger partial charge on any atom is 0.263 e. The SMILES string of the molecule is Cc1nc2ccc(NS(=O)(=O)c3ccccc3Cl)cc2o1. The maximum absolute atomic E-state index is 12.3. The Morgan fingerprint density at radius 1 is 1.19 bits per heavy atom. The number of nitrogens with zero attached hydrogens (tertiary/aromatic N) is 1. The average Bonchev–Trinajstić information content (AvgIpc) is 2.78. The molecule has 0 spiro atoms. The Balaban J connectivity index is 1.99. The highest BCUT2D eigenvalue weighted by Crippen LogP contribution is 2.25. The van der Waals surface area contributed by atoms with E-state index in [1.165, 1.54) is 12.1 Å². The Morgan fingerprint density at radius 2 is 1.95 bits per heavy atom. The van der Waals surface area contributed by atoms with Crippen molar-refractivity contribution in [2.75, 3.05) is 4.72 Å². The number of halogens is 1. The maximum atomic E-state index is 12.3. The summed E-state index contributed by atoms with van der Waals surface area (Å²) in [6, 6.07) is 11.2. The smallest absolute Gasteiger partial charge is 0.263 e. The van der Waals surface area contributed by atoms with Crippen LogP contribution in [0.15, 0.2) is 51.8 Å². The van der Waals surface area contributed by atoms with E-state index in [1.54, 1.807) is 37.3 Å². The topological polar surface area (TPSA) is 72.2 Å². The molecule has 0 radical (unpaired) electrons. The number of rotatable bonds is 3. The molecule has 7 heteroatoms. The number of hydrogen-bond acceptors (Lipinski definition) is 4. The van der Waals surface area contributed by atoms with Gasteiger partial charge >= 0.3 is 0 Å². The molecule has 0 saturated carbocycles. The Bertz CT molecular complexity index is 919. The van der Waals surface area contributed by atoms with E-state index >= 15 is 0 Å². The predicted molar refractivity (Wildman–Crippen MR) is 81.0 cm³/mol. The Hall–Kier alpha value is -2.05. The lowest BCUT2D eigenvalue weighted by molar-refractivity contribution is 0.561. The quantitative estimate of drug-likeness (QED) is 0.799. The van der Waals surface area contributed by atoms with Crippen molar-refractivity contribution in [3.63, 3.8) is 0 Å². The fourth-order valence-corrected chi connectivity index (χ4v) is 3.55. The second-order valence-corrected chi connectivity index (χ2v) is 6.51. The summed E-state index contributed by atoms with van der Waals surface area (Å²) in [5.41, 5.74) is 1.58. The lowest BCUT2D eigenvalue weighted by Gasteiger charge is -2.09. The van der Waals surface area contributed by atoms with Crippen molar-refractivity contribution in [2.45, 2.75) is 11.8 Å². The van der Waals surface area contributed by atoms with Gasteiger partial charge in [-0.3, -0.25) is 4.72 Å². The number of sulfonamides is 1. The summed E-state index contributed by atoms with van der Waals surface area (Å²) in [5, 5.41) is 0.168. The summed E-state index contributed by atoms with van der Waals surface area (Å²) >= 11 is 5.93. The second-order valence-electron chi connectivity index (χ2n) is 4.45. The first-order valence-electron chi connectivity index (χ1n) is 6.10. The molecule has 21 heavy (non-hydrogen) atoms. The number of fused-ring (bicyclic) bond motifs is 1. The summed E-state index contributed by atoms with van der Waals surface area (Å²) < 4.78 is 32.5. The molecule has 3 aromatic rings. The van der Waals surface area contributed by atoms with Crippen LogP contribution in [0.3, 0.4) is 0 Å². The van der Waals surface area contributed by atoms with Crippen molar-refractivity contribution in [3.05, 3.63) is 53.4 Å². The molecule has 0 bridgehead atoms. The van der Waals surface area contributed by atoms with Crippen LogP contribution in [0, 0.1) is 6.92 Å². The lowest BCUT2D eigenvalue weighted by Crippen LogP contribution is -2.13. The summed E-state index contributed by atoms with van der Waals surface area (Å²) in [6.07, 6.45) is 0. The van der Waals surface area contributed by atoms with Gasteiger partial charge in [-0.15, -0.1) is 0 Å². The van der Waals surface area contributed by atoms with Crippen molar-refractivity contribution in [1.82, 2.24) is 4.98 Å². The van der Waals surface area contributed by atoms with E-state index in [0.29, 0.717) is 22.7 Å². The van der Waals surface area contributed by atoms with Gasteiger partial charge in [0.25, 0.3) is 10.0 Å². The van der Waals surface area contributed by atoms with E-state index in [2.05, 4.69) is 9.71 Å². The van der Waals surface area contributed by atoms with Crippen molar-refractivity contribution in [1.29, 1.82) is 0 Å². The third kappa shape index (κ3) is 2.72. The van der Waals surface area contributed by atoms with Gasteiger partial charge < -0.3 is 4.42 Å². The minimum absolute atomic E-state index is 0.0283. The molecule has 0 saturated heterocycles. The summed E-state index contributed by atoms with van der Waals surface area (Å²) in [4.78, 5) is 4.19. The summed E-state index contributed by atoms with van der Waals surface area (Å²) in [7, 11) is -3.75. The molecule has 0 fully saturated rings. The van der Waals surface area contributed by atoms with Crippen molar-refractivity contribution in [2.24, 2.45) is 0 Å². The van der Waals surface area contributed by atoms with Gasteiger partial charge in [0.15, 0.2) is 11.5 Å². The highest BCUT2D eigenvalue weighted by Gasteiger charge is 2.18. The van der Waals surface area contributed by atoms with E-state index in [0.717, 1.165) is 0 Å². The third-order valence-electron chi connectivity index (χ3n) is 2.87. The van der Waals surface area contributed by atoms with Gasteiger partial charge in [-0.25, -0.2) is 13.4 Å². The van der Waals surface area contributed by atoms with Crippen LogP contribution < -0.4 is 4.72 Å². The van der Waals surface area contributed by atoms with Crippen molar-refractivity contribution < 1.29 is 12.8 Å². The van der Waals surface area contributed by atoms with Crippen molar-refractivity contribution >= 4 is 38.4 Å². The van der Waals surface area contributed by atoms with Gasteiger partial charge in [-0.05, 0) is 24.3 Å². The molecule has 1 N–H and O–H groups in total. The minimum Gasteiger partial charge on any atom is -0.441 e. The fourth-order valence-electron chi connectivity index (χ4n) is 1.98. The number of aromatic nitrogens is 1. The van der Waals surface area contributed by atoms with Gasteiger partial charge in [0.1, 0.15) is 10.4 Å². The van der Waals surface area contributed by atoms with Crippen LogP contribution in [-0.2, 0) is 10.0 Å². The summed E-state index contributed by atoms with van der Waals surface area (Å²) in [5.74, 6) is 0.524. The van der Waals surface area contributed by atoms with Gasteiger partial charge in [-0.1, -0.05) is 23.7 Å². The number of aryl methyl sites for hydroxylation is 1. The molecule has 1 heterocycles. The normalized spacial score (nSPS) is 11.7. The van der Waals surface area contributed by atoms with E-state index in [4.69, 9.17) is 16.0 Å². The molecule has 0 unspecified atom stereocenters. The highest BCUT2D eigenvalue weighted by atomic mass is 35.5. The molecular weight excluding hydrogens is 312 g/mol. The zero-order valence-corrected chi connectivity index (χ0v) is 12.6. The second kappa shape index (κ2) is 5.05. The van der Waals surface area contributed by atoms with Gasteiger partial charge in [0.2, 0.25) is 0 Å². The van der Waals surface area contributed by atoms with E-state index in [9.17, 15) is 8.42 Å². The van der Waals surface area contributed by atoms with Gasteiger partial charge in [0, 0.05) is 13.0 Å². The molecule has 3 rings (SSSR count). The number of oxazole rings is 1. The summed E-state index contributed by atoms with van der Waals surface area (Å²) in [6.45, 7) is 1.73. The number of anilines is 1. The average molecular weight is 323 g/mol. The highest BCUT2D eigenvalue weighted by molar-refractivity contribution is 7.92. The Labute approximate surface area is 126 Å². The zero-order chi connectivity index (χ0) is 15.0. The van der Waals surface area contributed by atoms with Crippen LogP contribution >= 0.6 is 11.6 Å². The number of hydrogen-bond donors (Lipinski definition) is 1. The molecular formula is C14H11ClN2O3S. The van der Waals surface area contributed by atoms with Crippen LogP contribution in [0.4, 0.5) is 5.69 Å². The van der Waals surface area contributed by atoms with Gasteiger partial charge in [-0.2, -0.15) is 0 Å². The van der Waals surface area contributed by atoms with Crippen LogP contribution in [0.25, 0.3) is 11.1 Å². The zero-order valence-electron chi connectivity index (χ0n) is 11.0. The Kier molecular flexibility index (Phi) is 3.35. The standard InChI is InChI=1S/C14H11ClN2O3S/c1-9-16-12-7-6-10(8-13(12)20-9)17-21(18,19)14-5-3-2-4-11(14)15/h2-8,17H,1H3.